The van der Waals surface area contributed by atoms with Gasteiger partial charge in [0.25, 0.3) is 0 Å². The SMILES string of the molecule is Cc1cc(SC2CCOCC2)ccc1CNC(C)C. The molecular formula is C16H25NOS. The van der Waals surface area contributed by atoms with Gasteiger partial charge in [-0.3, -0.25) is 0 Å². The van der Waals surface area contributed by atoms with Crippen molar-refractivity contribution in [3.63, 3.8) is 0 Å². The molecule has 3 heteroatoms. The summed E-state index contributed by atoms with van der Waals surface area (Å²) in [7, 11) is 0. The minimum atomic E-state index is 0.538. The Morgan fingerprint density at radius 2 is 2.05 bits per heavy atom. The maximum atomic E-state index is 5.41. The maximum Gasteiger partial charge on any atom is 0.0476 e. The molecule has 106 valence electrons. The smallest absolute Gasteiger partial charge is 0.0476 e. The second kappa shape index (κ2) is 7.32. The Bertz CT molecular complexity index is 400. The molecule has 1 aromatic carbocycles. The molecule has 1 saturated heterocycles. The number of thioether (sulfide) groups is 1. The Hall–Kier alpha value is -0.510. The lowest BCUT2D eigenvalue weighted by Crippen LogP contribution is -2.22. The van der Waals surface area contributed by atoms with E-state index >= 15 is 0 Å². The molecule has 1 N–H and O–H groups in total. The minimum Gasteiger partial charge on any atom is -0.381 e. The highest BCUT2D eigenvalue weighted by molar-refractivity contribution is 8.00. The number of hydrogen-bond donors (Lipinski definition) is 1. The zero-order valence-corrected chi connectivity index (χ0v) is 13.1. The molecule has 0 radical (unpaired) electrons. The van der Waals surface area contributed by atoms with Gasteiger partial charge in [-0.15, -0.1) is 11.8 Å². The van der Waals surface area contributed by atoms with Crippen LogP contribution in [0.3, 0.4) is 0 Å². The Morgan fingerprint density at radius 1 is 1.32 bits per heavy atom. The fraction of sp³-hybridized carbons (Fsp3) is 0.625. The van der Waals surface area contributed by atoms with Crippen LogP contribution in [0.1, 0.15) is 37.8 Å². The third kappa shape index (κ3) is 4.83. The fourth-order valence-corrected chi connectivity index (χ4v) is 3.44. The number of aryl methyl sites for hydroxylation is 1. The van der Waals surface area contributed by atoms with E-state index in [2.05, 4.69) is 44.3 Å². The van der Waals surface area contributed by atoms with Crippen molar-refractivity contribution in [3.8, 4) is 0 Å². The molecule has 0 aromatic heterocycles. The third-order valence-electron chi connectivity index (χ3n) is 3.49. The second-order valence-corrected chi connectivity index (χ2v) is 6.93. The lowest BCUT2D eigenvalue weighted by molar-refractivity contribution is 0.100. The lowest BCUT2D eigenvalue weighted by Gasteiger charge is -2.21. The summed E-state index contributed by atoms with van der Waals surface area (Å²) < 4.78 is 5.41. The second-order valence-electron chi connectivity index (χ2n) is 5.55. The van der Waals surface area contributed by atoms with Gasteiger partial charge in [0.15, 0.2) is 0 Å². The van der Waals surface area contributed by atoms with Crippen molar-refractivity contribution in [3.05, 3.63) is 29.3 Å². The van der Waals surface area contributed by atoms with Gasteiger partial charge in [0.1, 0.15) is 0 Å². The topological polar surface area (TPSA) is 21.3 Å². The Kier molecular flexibility index (Phi) is 5.74. The van der Waals surface area contributed by atoms with Crippen molar-refractivity contribution < 1.29 is 4.74 Å². The highest BCUT2D eigenvalue weighted by Crippen LogP contribution is 2.30. The molecule has 1 aliphatic rings. The number of benzene rings is 1. The summed E-state index contributed by atoms with van der Waals surface area (Å²) >= 11 is 2.01. The maximum absolute atomic E-state index is 5.41. The highest BCUT2D eigenvalue weighted by atomic mass is 32.2. The van der Waals surface area contributed by atoms with Crippen LogP contribution in [0.25, 0.3) is 0 Å². The van der Waals surface area contributed by atoms with E-state index < -0.39 is 0 Å². The first-order valence-electron chi connectivity index (χ1n) is 7.22. The van der Waals surface area contributed by atoms with Crippen molar-refractivity contribution in [2.24, 2.45) is 0 Å². The van der Waals surface area contributed by atoms with Gasteiger partial charge in [-0.2, -0.15) is 0 Å². The van der Waals surface area contributed by atoms with E-state index in [-0.39, 0.29) is 0 Å². The molecule has 1 fully saturated rings. The van der Waals surface area contributed by atoms with Crippen LogP contribution in [0.5, 0.6) is 0 Å². The summed E-state index contributed by atoms with van der Waals surface area (Å²) in [6.45, 7) is 9.40. The van der Waals surface area contributed by atoms with E-state index in [4.69, 9.17) is 4.74 Å². The zero-order valence-electron chi connectivity index (χ0n) is 12.2. The zero-order chi connectivity index (χ0) is 13.7. The number of nitrogens with one attached hydrogen (secondary N) is 1. The van der Waals surface area contributed by atoms with Crippen LogP contribution in [0.15, 0.2) is 23.1 Å². The molecule has 0 spiro atoms. The molecule has 0 atom stereocenters. The summed E-state index contributed by atoms with van der Waals surface area (Å²) in [5.74, 6) is 0. The van der Waals surface area contributed by atoms with Crippen molar-refractivity contribution >= 4 is 11.8 Å². The molecule has 2 nitrogen and oxygen atoms in total. The molecule has 1 heterocycles. The molecule has 0 saturated carbocycles. The molecule has 0 amide bonds. The van der Waals surface area contributed by atoms with Crippen LogP contribution < -0.4 is 5.32 Å². The average molecular weight is 279 g/mol. The van der Waals surface area contributed by atoms with Crippen molar-refractivity contribution in [1.29, 1.82) is 0 Å². The third-order valence-corrected chi connectivity index (χ3v) is 4.82. The van der Waals surface area contributed by atoms with Gasteiger partial charge in [-0.25, -0.2) is 0 Å². The first-order chi connectivity index (χ1) is 9.15. The highest BCUT2D eigenvalue weighted by Gasteiger charge is 2.15. The summed E-state index contributed by atoms with van der Waals surface area (Å²) in [6.07, 6.45) is 2.36. The van der Waals surface area contributed by atoms with E-state index in [9.17, 15) is 0 Å². The first kappa shape index (κ1) is 14.9. The van der Waals surface area contributed by atoms with E-state index in [1.807, 2.05) is 11.8 Å². The van der Waals surface area contributed by atoms with Crippen molar-refractivity contribution in [2.45, 2.75) is 56.3 Å². The Morgan fingerprint density at radius 3 is 2.68 bits per heavy atom. The normalized spacial score (nSPS) is 17.1. The monoisotopic (exact) mass is 279 g/mol. The molecule has 1 aliphatic heterocycles. The standard InChI is InChI=1S/C16H25NOS/c1-12(2)17-11-14-4-5-16(10-13(14)3)19-15-6-8-18-9-7-15/h4-5,10,12,15,17H,6-9,11H2,1-3H3. The summed E-state index contributed by atoms with van der Waals surface area (Å²) in [4.78, 5) is 1.40. The number of hydrogen-bond acceptors (Lipinski definition) is 3. The van der Waals surface area contributed by atoms with Crippen LogP contribution in [0.2, 0.25) is 0 Å². The molecule has 0 bridgehead atoms. The molecule has 1 aromatic rings. The average Bonchev–Trinajstić information content (AvgIpc) is 2.39. The molecule has 2 rings (SSSR count). The number of ether oxygens (including phenoxy) is 1. The van der Waals surface area contributed by atoms with E-state index in [1.54, 1.807) is 0 Å². The fourth-order valence-electron chi connectivity index (χ4n) is 2.24. The van der Waals surface area contributed by atoms with Crippen LogP contribution in [-0.4, -0.2) is 24.5 Å². The van der Waals surface area contributed by atoms with E-state index in [0.717, 1.165) is 25.0 Å². The van der Waals surface area contributed by atoms with Gasteiger partial charge in [0.05, 0.1) is 0 Å². The number of rotatable bonds is 5. The molecule has 0 aliphatic carbocycles. The minimum absolute atomic E-state index is 0.538. The summed E-state index contributed by atoms with van der Waals surface area (Å²) in [5.41, 5.74) is 2.80. The lowest BCUT2D eigenvalue weighted by atomic mass is 10.1. The quantitative estimate of drug-likeness (QED) is 0.886. The summed E-state index contributed by atoms with van der Waals surface area (Å²) in [6, 6.07) is 7.41. The van der Waals surface area contributed by atoms with Gasteiger partial charge < -0.3 is 10.1 Å². The van der Waals surface area contributed by atoms with Gasteiger partial charge in [0.2, 0.25) is 0 Å². The van der Waals surface area contributed by atoms with Gasteiger partial charge >= 0.3 is 0 Å². The van der Waals surface area contributed by atoms with E-state index in [0.29, 0.717) is 6.04 Å². The molecule has 0 unspecified atom stereocenters. The molecular weight excluding hydrogens is 254 g/mol. The van der Waals surface area contributed by atoms with Crippen molar-refractivity contribution in [1.82, 2.24) is 5.32 Å². The van der Waals surface area contributed by atoms with Crippen molar-refractivity contribution in [2.75, 3.05) is 13.2 Å². The Labute approximate surface area is 121 Å². The predicted molar refractivity (Wildman–Crippen MR) is 82.9 cm³/mol. The van der Waals surface area contributed by atoms with Gasteiger partial charge in [0, 0.05) is 35.9 Å². The van der Waals surface area contributed by atoms with Crippen LogP contribution >= 0.6 is 11.8 Å². The predicted octanol–water partition coefficient (Wildman–Crippen LogP) is 3.76. The van der Waals surface area contributed by atoms with Crippen LogP contribution in [0, 0.1) is 6.92 Å². The first-order valence-corrected chi connectivity index (χ1v) is 8.10. The molecule has 19 heavy (non-hydrogen) atoms. The Balaban J connectivity index is 1.93. The largest absolute Gasteiger partial charge is 0.381 e. The summed E-state index contributed by atoms with van der Waals surface area (Å²) in [5, 5.41) is 4.21. The van der Waals surface area contributed by atoms with Gasteiger partial charge in [-0.05, 0) is 43.0 Å². The van der Waals surface area contributed by atoms with Gasteiger partial charge in [-0.1, -0.05) is 19.9 Å². The van der Waals surface area contributed by atoms with E-state index in [1.165, 1.54) is 28.9 Å². The van der Waals surface area contributed by atoms with Crippen LogP contribution in [0.4, 0.5) is 0 Å². The van der Waals surface area contributed by atoms with Crippen LogP contribution in [-0.2, 0) is 11.3 Å².